The van der Waals surface area contributed by atoms with Crippen molar-refractivity contribution in [3.8, 4) is 5.75 Å². The molecule has 0 saturated carbocycles. The molecular formula is C18H23N3O. The molecule has 2 aromatic rings. The van der Waals surface area contributed by atoms with Gasteiger partial charge in [0, 0.05) is 44.5 Å². The van der Waals surface area contributed by atoms with Gasteiger partial charge in [0.1, 0.15) is 5.75 Å². The second kappa shape index (κ2) is 6.90. The van der Waals surface area contributed by atoms with E-state index in [1.807, 2.05) is 18.3 Å². The molecule has 0 amide bonds. The van der Waals surface area contributed by atoms with Crippen LogP contribution in [0.3, 0.4) is 0 Å². The average Bonchev–Trinajstić information content (AvgIpc) is 2.57. The van der Waals surface area contributed by atoms with E-state index in [2.05, 4.69) is 52.2 Å². The Kier molecular flexibility index (Phi) is 4.71. The van der Waals surface area contributed by atoms with Gasteiger partial charge in [0.2, 0.25) is 0 Å². The van der Waals surface area contributed by atoms with Gasteiger partial charge in [-0.2, -0.15) is 0 Å². The van der Waals surface area contributed by atoms with Crippen LogP contribution < -0.4 is 4.74 Å². The third kappa shape index (κ3) is 3.46. The lowest BCUT2D eigenvalue weighted by Gasteiger charge is -2.40. The molecule has 0 unspecified atom stereocenters. The van der Waals surface area contributed by atoms with Gasteiger partial charge in [-0.1, -0.05) is 30.3 Å². The number of benzene rings is 1. The Balaban J connectivity index is 1.80. The van der Waals surface area contributed by atoms with Gasteiger partial charge in [-0.3, -0.25) is 9.88 Å². The first kappa shape index (κ1) is 15.0. The van der Waals surface area contributed by atoms with Gasteiger partial charge in [-0.25, -0.2) is 0 Å². The van der Waals surface area contributed by atoms with Crippen LogP contribution in [-0.2, 0) is 6.54 Å². The molecule has 1 aromatic heterocycles. The molecule has 1 saturated heterocycles. The van der Waals surface area contributed by atoms with Crippen molar-refractivity contribution in [2.45, 2.75) is 12.6 Å². The van der Waals surface area contributed by atoms with E-state index in [0.29, 0.717) is 6.04 Å². The van der Waals surface area contributed by atoms with E-state index in [9.17, 15) is 0 Å². The highest BCUT2D eigenvalue weighted by atomic mass is 16.5. The van der Waals surface area contributed by atoms with Crippen LogP contribution in [0.15, 0.2) is 48.7 Å². The number of hydrogen-bond donors (Lipinski definition) is 0. The summed E-state index contributed by atoms with van der Waals surface area (Å²) in [6.07, 6.45) is 1.82. The number of likely N-dealkylation sites (N-methyl/N-ethyl adjacent to an activating group) is 1. The molecule has 4 nitrogen and oxygen atoms in total. The molecule has 1 atom stereocenters. The Bertz CT molecular complexity index is 602. The van der Waals surface area contributed by atoms with E-state index in [1.54, 1.807) is 7.11 Å². The normalized spacial score (nSPS) is 20.0. The molecule has 4 heteroatoms. The maximum absolute atomic E-state index is 5.31. The summed E-state index contributed by atoms with van der Waals surface area (Å²) < 4.78 is 5.31. The van der Waals surface area contributed by atoms with E-state index >= 15 is 0 Å². The summed E-state index contributed by atoms with van der Waals surface area (Å²) in [5.74, 6) is 0.871. The van der Waals surface area contributed by atoms with Crippen LogP contribution in [0, 0.1) is 0 Å². The zero-order valence-corrected chi connectivity index (χ0v) is 13.3. The Morgan fingerprint density at radius 2 is 2.00 bits per heavy atom. The third-order valence-electron chi connectivity index (χ3n) is 4.27. The van der Waals surface area contributed by atoms with E-state index in [0.717, 1.165) is 37.6 Å². The highest BCUT2D eigenvalue weighted by Gasteiger charge is 2.26. The van der Waals surface area contributed by atoms with Gasteiger partial charge < -0.3 is 9.64 Å². The molecule has 3 rings (SSSR count). The van der Waals surface area contributed by atoms with Crippen molar-refractivity contribution in [2.75, 3.05) is 33.8 Å². The first-order chi connectivity index (χ1) is 10.8. The van der Waals surface area contributed by atoms with Gasteiger partial charge in [0.15, 0.2) is 0 Å². The Hall–Kier alpha value is -1.91. The molecule has 1 aliphatic rings. The molecule has 1 fully saturated rings. The van der Waals surface area contributed by atoms with Gasteiger partial charge in [-0.15, -0.1) is 0 Å². The molecular weight excluding hydrogens is 274 g/mol. The summed E-state index contributed by atoms with van der Waals surface area (Å²) in [4.78, 5) is 9.40. The predicted molar refractivity (Wildman–Crippen MR) is 87.9 cm³/mol. The Labute approximate surface area is 132 Å². The molecule has 0 N–H and O–H groups in total. The average molecular weight is 297 g/mol. The minimum absolute atomic E-state index is 0.410. The monoisotopic (exact) mass is 297 g/mol. The van der Waals surface area contributed by atoms with E-state index < -0.39 is 0 Å². The number of pyridine rings is 1. The van der Waals surface area contributed by atoms with Crippen LogP contribution >= 0.6 is 0 Å². The van der Waals surface area contributed by atoms with Crippen LogP contribution in [0.5, 0.6) is 5.75 Å². The predicted octanol–water partition coefficient (Wildman–Crippen LogP) is 2.58. The van der Waals surface area contributed by atoms with Crippen LogP contribution in [0.4, 0.5) is 0 Å². The second-order valence-electron chi connectivity index (χ2n) is 5.85. The summed E-state index contributed by atoms with van der Waals surface area (Å²) in [5, 5.41) is 0. The van der Waals surface area contributed by atoms with Crippen molar-refractivity contribution < 1.29 is 4.74 Å². The number of aromatic nitrogens is 1. The quantitative estimate of drug-likeness (QED) is 0.867. The fraction of sp³-hybridized carbons (Fsp3) is 0.389. The number of piperazine rings is 1. The van der Waals surface area contributed by atoms with Gasteiger partial charge in [-0.05, 0) is 18.7 Å². The lowest BCUT2D eigenvalue weighted by atomic mass is 10.0. The maximum atomic E-state index is 5.31. The molecule has 0 radical (unpaired) electrons. The van der Waals surface area contributed by atoms with E-state index in [4.69, 9.17) is 4.74 Å². The largest absolute Gasteiger partial charge is 0.497 e. The smallest absolute Gasteiger partial charge is 0.122 e. The number of methoxy groups -OCH3 is 1. The molecule has 0 aliphatic carbocycles. The number of rotatable bonds is 4. The summed E-state index contributed by atoms with van der Waals surface area (Å²) in [5.41, 5.74) is 2.43. The van der Waals surface area contributed by atoms with Crippen LogP contribution in [0.1, 0.15) is 17.3 Å². The molecule has 2 heterocycles. The van der Waals surface area contributed by atoms with Crippen molar-refractivity contribution in [3.05, 3.63) is 59.9 Å². The minimum atomic E-state index is 0.410. The minimum Gasteiger partial charge on any atom is -0.497 e. The molecule has 1 aromatic carbocycles. The summed E-state index contributed by atoms with van der Waals surface area (Å²) in [6, 6.07) is 15.1. The van der Waals surface area contributed by atoms with Crippen molar-refractivity contribution in [1.29, 1.82) is 0 Å². The zero-order chi connectivity index (χ0) is 15.4. The van der Waals surface area contributed by atoms with Crippen molar-refractivity contribution in [3.63, 3.8) is 0 Å². The highest BCUT2D eigenvalue weighted by molar-refractivity contribution is 5.24. The number of nitrogens with zero attached hydrogens (tertiary/aromatic N) is 3. The SMILES string of the molecule is COc1ccnc(CN2CCN(C)C[C@@H]2c2ccccc2)c1. The highest BCUT2D eigenvalue weighted by Crippen LogP contribution is 2.26. The third-order valence-corrected chi connectivity index (χ3v) is 4.27. The standard InChI is InChI=1S/C18H23N3O/c1-20-10-11-21(13-16-12-17(22-2)8-9-19-16)18(14-20)15-6-4-3-5-7-15/h3-9,12,18H,10-11,13-14H2,1-2H3/t18-/m1/s1. The zero-order valence-electron chi connectivity index (χ0n) is 13.3. The van der Waals surface area contributed by atoms with E-state index in [1.165, 1.54) is 5.56 Å². The maximum Gasteiger partial charge on any atom is 0.122 e. The Morgan fingerprint density at radius 1 is 1.18 bits per heavy atom. The number of ether oxygens (including phenoxy) is 1. The van der Waals surface area contributed by atoms with Crippen LogP contribution in [0.2, 0.25) is 0 Å². The van der Waals surface area contributed by atoms with Gasteiger partial charge in [0.05, 0.1) is 12.8 Å². The molecule has 0 bridgehead atoms. The lowest BCUT2D eigenvalue weighted by Crippen LogP contribution is -2.46. The summed E-state index contributed by atoms with van der Waals surface area (Å²) >= 11 is 0. The van der Waals surface area contributed by atoms with Crippen molar-refractivity contribution in [2.24, 2.45) is 0 Å². The lowest BCUT2D eigenvalue weighted by molar-refractivity contribution is 0.0822. The first-order valence-corrected chi connectivity index (χ1v) is 7.73. The first-order valence-electron chi connectivity index (χ1n) is 7.73. The van der Waals surface area contributed by atoms with Gasteiger partial charge in [0.25, 0.3) is 0 Å². The number of hydrogen-bond acceptors (Lipinski definition) is 4. The second-order valence-corrected chi connectivity index (χ2v) is 5.85. The van der Waals surface area contributed by atoms with Crippen LogP contribution in [-0.4, -0.2) is 48.6 Å². The molecule has 1 aliphatic heterocycles. The van der Waals surface area contributed by atoms with Crippen LogP contribution in [0.25, 0.3) is 0 Å². The van der Waals surface area contributed by atoms with Gasteiger partial charge >= 0.3 is 0 Å². The Morgan fingerprint density at radius 3 is 2.77 bits per heavy atom. The van der Waals surface area contributed by atoms with Crippen molar-refractivity contribution >= 4 is 0 Å². The molecule has 22 heavy (non-hydrogen) atoms. The topological polar surface area (TPSA) is 28.6 Å². The van der Waals surface area contributed by atoms with E-state index in [-0.39, 0.29) is 0 Å². The molecule has 116 valence electrons. The molecule has 0 spiro atoms. The fourth-order valence-electron chi connectivity index (χ4n) is 3.02. The summed E-state index contributed by atoms with van der Waals surface area (Å²) in [7, 11) is 3.89. The van der Waals surface area contributed by atoms with Crippen molar-refractivity contribution in [1.82, 2.24) is 14.8 Å². The fourth-order valence-corrected chi connectivity index (χ4v) is 3.02. The summed E-state index contributed by atoms with van der Waals surface area (Å²) in [6.45, 7) is 4.04.